The topological polar surface area (TPSA) is 72.6 Å². The fourth-order valence-corrected chi connectivity index (χ4v) is 2.06. The average Bonchev–Trinajstić information content (AvgIpc) is 2.42. The lowest BCUT2D eigenvalue weighted by Gasteiger charge is -2.11. The third kappa shape index (κ3) is 3.51. The molecule has 0 radical (unpaired) electrons. The Balaban J connectivity index is 2.37. The molecule has 110 valence electrons. The molecule has 2 aromatic rings. The molecule has 0 saturated carbocycles. The Morgan fingerprint density at radius 2 is 1.90 bits per heavy atom. The molecule has 6 heteroatoms. The van der Waals surface area contributed by atoms with Crippen molar-refractivity contribution >= 4 is 17.3 Å². The first kappa shape index (κ1) is 15.3. The van der Waals surface area contributed by atoms with Crippen molar-refractivity contribution in [2.45, 2.75) is 20.0 Å². The molecule has 0 aromatic heterocycles. The molecule has 0 heterocycles. The first-order valence-electron chi connectivity index (χ1n) is 6.29. The molecule has 2 aromatic carbocycles. The van der Waals surface area contributed by atoms with Gasteiger partial charge in [0.15, 0.2) is 0 Å². The second-order valence-electron chi connectivity index (χ2n) is 4.70. The maximum atomic E-state index is 11.1. The van der Waals surface area contributed by atoms with Crippen LogP contribution in [0.5, 0.6) is 11.5 Å². The second-order valence-corrected chi connectivity index (χ2v) is 5.10. The monoisotopic (exact) mass is 307 g/mol. The molecule has 0 aliphatic heterocycles. The smallest absolute Gasteiger partial charge is 0.311 e. The molecule has 1 unspecified atom stereocenters. The van der Waals surface area contributed by atoms with Gasteiger partial charge in [-0.1, -0.05) is 23.7 Å². The van der Waals surface area contributed by atoms with E-state index in [9.17, 15) is 15.2 Å². The van der Waals surface area contributed by atoms with Crippen LogP contribution in [0.2, 0.25) is 5.02 Å². The summed E-state index contributed by atoms with van der Waals surface area (Å²) in [4.78, 5) is 10.6. The van der Waals surface area contributed by atoms with Crippen LogP contribution in [0.3, 0.4) is 0 Å². The van der Waals surface area contributed by atoms with Crippen molar-refractivity contribution in [3.63, 3.8) is 0 Å². The lowest BCUT2D eigenvalue weighted by molar-refractivity contribution is -0.385. The molecule has 1 N–H and O–H groups in total. The summed E-state index contributed by atoms with van der Waals surface area (Å²) in [7, 11) is 0. The number of hydrogen-bond acceptors (Lipinski definition) is 4. The van der Waals surface area contributed by atoms with E-state index in [1.807, 2.05) is 0 Å². The van der Waals surface area contributed by atoms with Crippen LogP contribution in [0.25, 0.3) is 0 Å². The molecule has 0 amide bonds. The van der Waals surface area contributed by atoms with Gasteiger partial charge in [-0.15, -0.1) is 0 Å². The quantitative estimate of drug-likeness (QED) is 0.671. The number of nitrogens with zero attached hydrogens (tertiary/aromatic N) is 1. The van der Waals surface area contributed by atoms with E-state index in [1.54, 1.807) is 38.1 Å². The van der Waals surface area contributed by atoms with Crippen LogP contribution < -0.4 is 4.74 Å². The van der Waals surface area contributed by atoms with Gasteiger partial charge in [0.05, 0.1) is 16.0 Å². The Labute approximate surface area is 126 Å². The summed E-state index contributed by atoms with van der Waals surface area (Å²) in [6, 6.07) is 9.50. The van der Waals surface area contributed by atoms with Gasteiger partial charge in [0.25, 0.3) is 0 Å². The number of benzene rings is 2. The normalized spacial score (nSPS) is 12.0. The lowest BCUT2D eigenvalue weighted by Crippen LogP contribution is -1.96. The molecular weight excluding hydrogens is 294 g/mol. The highest BCUT2D eigenvalue weighted by atomic mass is 35.5. The highest BCUT2D eigenvalue weighted by molar-refractivity contribution is 6.32. The number of hydrogen-bond donors (Lipinski definition) is 1. The summed E-state index contributed by atoms with van der Waals surface area (Å²) in [5.74, 6) is 0.422. The highest BCUT2D eigenvalue weighted by Crippen LogP contribution is 2.36. The Morgan fingerprint density at radius 1 is 1.24 bits per heavy atom. The zero-order valence-electron chi connectivity index (χ0n) is 11.5. The van der Waals surface area contributed by atoms with Crippen molar-refractivity contribution in [3.8, 4) is 11.5 Å². The standard InChI is InChI=1S/C15H14ClNO4/c1-9-3-5-15(13(7-9)17(19)20)21-14-6-4-11(10(2)18)8-12(14)16/h3-8,10,18H,1-2H3. The van der Waals surface area contributed by atoms with Crippen LogP contribution >= 0.6 is 11.6 Å². The van der Waals surface area contributed by atoms with Crippen LogP contribution in [0.1, 0.15) is 24.2 Å². The van der Waals surface area contributed by atoms with Crippen molar-refractivity contribution in [1.29, 1.82) is 0 Å². The Bertz CT molecular complexity index is 685. The van der Waals surface area contributed by atoms with E-state index in [-0.39, 0.29) is 16.5 Å². The fraction of sp³-hybridized carbons (Fsp3) is 0.200. The number of nitro groups is 1. The Kier molecular flexibility index (Phi) is 4.45. The van der Waals surface area contributed by atoms with Gasteiger partial charge in [-0.2, -0.15) is 0 Å². The van der Waals surface area contributed by atoms with Crippen LogP contribution in [0, 0.1) is 17.0 Å². The first-order chi connectivity index (χ1) is 9.88. The molecule has 2 rings (SSSR count). The van der Waals surface area contributed by atoms with Crippen molar-refractivity contribution < 1.29 is 14.8 Å². The minimum Gasteiger partial charge on any atom is -0.449 e. The summed E-state index contributed by atoms with van der Waals surface area (Å²) >= 11 is 6.08. The zero-order chi connectivity index (χ0) is 15.6. The van der Waals surface area contributed by atoms with Gasteiger partial charge in [0.2, 0.25) is 5.75 Å². The number of aliphatic hydroxyl groups excluding tert-OH is 1. The molecule has 5 nitrogen and oxygen atoms in total. The van der Waals surface area contributed by atoms with E-state index in [1.165, 1.54) is 12.1 Å². The van der Waals surface area contributed by atoms with E-state index in [4.69, 9.17) is 16.3 Å². The van der Waals surface area contributed by atoms with Crippen LogP contribution in [-0.2, 0) is 0 Å². The molecule has 0 fully saturated rings. The third-order valence-electron chi connectivity index (χ3n) is 2.97. The van der Waals surface area contributed by atoms with Crippen LogP contribution in [0.4, 0.5) is 5.69 Å². The van der Waals surface area contributed by atoms with Crippen molar-refractivity contribution in [2.75, 3.05) is 0 Å². The molecule has 1 atom stereocenters. The largest absolute Gasteiger partial charge is 0.449 e. The molecule has 0 aliphatic rings. The van der Waals surface area contributed by atoms with E-state index < -0.39 is 11.0 Å². The SMILES string of the molecule is Cc1ccc(Oc2ccc(C(C)O)cc2Cl)c([N+](=O)[O-])c1. The van der Waals surface area contributed by atoms with E-state index >= 15 is 0 Å². The summed E-state index contributed by atoms with van der Waals surface area (Å²) < 4.78 is 5.54. The van der Waals surface area contributed by atoms with E-state index in [0.717, 1.165) is 5.56 Å². The number of aryl methyl sites for hydroxylation is 1. The predicted octanol–water partition coefficient (Wildman–Crippen LogP) is 4.40. The summed E-state index contributed by atoms with van der Waals surface area (Å²) in [5.41, 5.74) is 1.29. The second kappa shape index (κ2) is 6.11. The Morgan fingerprint density at radius 3 is 2.48 bits per heavy atom. The third-order valence-corrected chi connectivity index (χ3v) is 3.26. The molecule has 0 bridgehead atoms. The van der Waals surface area contributed by atoms with Crippen molar-refractivity contribution in [1.82, 2.24) is 0 Å². The van der Waals surface area contributed by atoms with Gasteiger partial charge in [0.1, 0.15) is 5.75 Å². The molecule has 0 aliphatic carbocycles. The van der Waals surface area contributed by atoms with Crippen molar-refractivity contribution in [2.24, 2.45) is 0 Å². The minimum absolute atomic E-state index is 0.120. The van der Waals surface area contributed by atoms with Gasteiger partial charge < -0.3 is 9.84 Å². The van der Waals surface area contributed by atoms with Crippen LogP contribution in [0.15, 0.2) is 36.4 Å². The van der Waals surface area contributed by atoms with Gasteiger partial charge in [-0.25, -0.2) is 0 Å². The average molecular weight is 308 g/mol. The molecular formula is C15H14ClNO4. The van der Waals surface area contributed by atoms with Gasteiger partial charge in [-0.05, 0) is 43.2 Å². The molecule has 0 spiro atoms. The summed E-state index contributed by atoms with van der Waals surface area (Å²) in [6.07, 6.45) is -0.648. The maximum absolute atomic E-state index is 11.1. The first-order valence-corrected chi connectivity index (χ1v) is 6.66. The summed E-state index contributed by atoms with van der Waals surface area (Å²) in [5, 5.41) is 20.8. The van der Waals surface area contributed by atoms with Gasteiger partial charge in [0, 0.05) is 6.07 Å². The van der Waals surface area contributed by atoms with Gasteiger partial charge >= 0.3 is 5.69 Å². The molecule has 21 heavy (non-hydrogen) atoms. The van der Waals surface area contributed by atoms with E-state index in [2.05, 4.69) is 0 Å². The number of nitro benzene ring substituents is 1. The highest BCUT2D eigenvalue weighted by Gasteiger charge is 2.17. The maximum Gasteiger partial charge on any atom is 0.311 e. The zero-order valence-corrected chi connectivity index (χ0v) is 12.3. The lowest BCUT2D eigenvalue weighted by atomic mass is 10.1. The van der Waals surface area contributed by atoms with Crippen molar-refractivity contribution in [3.05, 3.63) is 62.7 Å². The number of rotatable bonds is 4. The number of aliphatic hydroxyl groups is 1. The van der Waals surface area contributed by atoms with Gasteiger partial charge in [-0.3, -0.25) is 10.1 Å². The molecule has 0 saturated heterocycles. The van der Waals surface area contributed by atoms with Crippen LogP contribution in [-0.4, -0.2) is 10.0 Å². The number of ether oxygens (including phenoxy) is 1. The number of halogens is 1. The summed E-state index contributed by atoms with van der Waals surface area (Å²) in [6.45, 7) is 3.39. The fourth-order valence-electron chi connectivity index (χ4n) is 1.83. The van der Waals surface area contributed by atoms with E-state index in [0.29, 0.717) is 11.3 Å². The Hall–Kier alpha value is -2.11. The predicted molar refractivity (Wildman–Crippen MR) is 80.0 cm³/mol. The minimum atomic E-state index is -0.648.